The van der Waals surface area contributed by atoms with E-state index < -0.39 is 0 Å². The second-order valence-electron chi connectivity index (χ2n) is 6.51. The third kappa shape index (κ3) is 4.52. The van der Waals surface area contributed by atoms with E-state index in [1.807, 2.05) is 0 Å². The molecule has 2 rings (SSSR count). The number of ether oxygens (including phenoxy) is 1. The van der Waals surface area contributed by atoms with Crippen LogP contribution in [0.15, 0.2) is 0 Å². The van der Waals surface area contributed by atoms with Crippen molar-refractivity contribution in [2.45, 2.75) is 58.0 Å². The number of hydrogen-bond donors (Lipinski definition) is 1. The van der Waals surface area contributed by atoms with Gasteiger partial charge in [0.1, 0.15) is 0 Å². The largest absolute Gasteiger partial charge is 0.383 e. The zero-order valence-corrected chi connectivity index (χ0v) is 12.4. The summed E-state index contributed by atoms with van der Waals surface area (Å²) in [5, 5.41) is 3.71. The van der Waals surface area contributed by atoms with Gasteiger partial charge in [-0.25, -0.2) is 0 Å². The van der Waals surface area contributed by atoms with Gasteiger partial charge in [-0.3, -0.25) is 4.90 Å². The van der Waals surface area contributed by atoms with E-state index in [0.717, 1.165) is 25.2 Å². The fourth-order valence-electron chi connectivity index (χ4n) is 2.50. The van der Waals surface area contributed by atoms with Crippen molar-refractivity contribution in [3.8, 4) is 0 Å². The van der Waals surface area contributed by atoms with Crippen LogP contribution in [0.4, 0.5) is 0 Å². The average molecular weight is 254 g/mol. The van der Waals surface area contributed by atoms with Crippen molar-refractivity contribution in [3.05, 3.63) is 0 Å². The molecule has 0 spiro atoms. The molecule has 1 atom stereocenters. The highest BCUT2D eigenvalue weighted by molar-refractivity contribution is 4.91. The summed E-state index contributed by atoms with van der Waals surface area (Å²) in [7, 11) is 1.80. The minimum atomic E-state index is 0.416. The third-order valence-corrected chi connectivity index (χ3v) is 4.48. The molecule has 0 amide bonds. The molecule has 0 saturated heterocycles. The van der Waals surface area contributed by atoms with E-state index >= 15 is 0 Å². The summed E-state index contributed by atoms with van der Waals surface area (Å²) >= 11 is 0. The van der Waals surface area contributed by atoms with E-state index in [1.54, 1.807) is 7.11 Å². The molecule has 2 fully saturated rings. The maximum Gasteiger partial charge on any atom is 0.0589 e. The summed E-state index contributed by atoms with van der Waals surface area (Å²) < 4.78 is 5.25. The van der Waals surface area contributed by atoms with Crippen LogP contribution in [0.3, 0.4) is 0 Å². The zero-order chi connectivity index (χ0) is 13.0. The lowest BCUT2D eigenvalue weighted by atomic mass is 9.86. The van der Waals surface area contributed by atoms with Crippen molar-refractivity contribution < 1.29 is 4.74 Å². The average Bonchev–Trinajstić information content (AvgIpc) is 3.24. The molecule has 3 nitrogen and oxygen atoms in total. The second-order valence-corrected chi connectivity index (χ2v) is 6.51. The van der Waals surface area contributed by atoms with Gasteiger partial charge in [0.2, 0.25) is 0 Å². The van der Waals surface area contributed by atoms with E-state index in [-0.39, 0.29) is 0 Å². The van der Waals surface area contributed by atoms with Gasteiger partial charge in [0.05, 0.1) is 6.61 Å². The van der Waals surface area contributed by atoms with Gasteiger partial charge in [-0.1, -0.05) is 13.8 Å². The van der Waals surface area contributed by atoms with E-state index in [9.17, 15) is 0 Å². The first kappa shape index (κ1) is 14.3. The van der Waals surface area contributed by atoms with Crippen LogP contribution in [0.25, 0.3) is 0 Å². The van der Waals surface area contributed by atoms with Crippen LogP contribution >= 0.6 is 0 Å². The van der Waals surface area contributed by atoms with Gasteiger partial charge >= 0.3 is 0 Å². The van der Waals surface area contributed by atoms with Gasteiger partial charge in [0, 0.05) is 38.8 Å². The van der Waals surface area contributed by atoms with E-state index in [4.69, 9.17) is 4.74 Å². The van der Waals surface area contributed by atoms with Gasteiger partial charge in [0.15, 0.2) is 0 Å². The number of methoxy groups -OCH3 is 1. The Morgan fingerprint density at radius 1 is 1.28 bits per heavy atom. The minimum Gasteiger partial charge on any atom is -0.383 e. The Bertz CT molecular complexity index is 251. The molecule has 2 aliphatic carbocycles. The predicted molar refractivity (Wildman–Crippen MR) is 75.9 cm³/mol. The van der Waals surface area contributed by atoms with Crippen molar-refractivity contribution in [1.29, 1.82) is 0 Å². The van der Waals surface area contributed by atoms with Gasteiger partial charge in [-0.15, -0.1) is 0 Å². The Kier molecular flexibility index (Phi) is 5.05. The Morgan fingerprint density at radius 2 is 2.00 bits per heavy atom. The molecule has 3 heteroatoms. The topological polar surface area (TPSA) is 24.5 Å². The van der Waals surface area contributed by atoms with Crippen molar-refractivity contribution in [2.75, 3.05) is 33.4 Å². The van der Waals surface area contributed by atoms with E-state index in [2.05, 4.69) is 24.1 Å². The van der Waals surface area contributed by atoms with Crippen molar-refractivity contribution in [3.63, 3.8) is 0 Å². The highest BCUT2D eigenvalue weighted by atomic mass is 16.5. The highest BCUT2D eigenvalue weighted by Gasteiger charge is 2.34. The van der Waals surface area contributed by atoms with Crippen LogP contribution in [0.5, 0.6) is 0 Å². The fourth-order valence-corrected chi connectivity index (χ4v) is 2.50. The Balaban J connectivity index is 1.80. The van der Waals surface area contributed by atoms with Crippen LogP contribution in [0.2, 0.25) is 0 Å². The maximum atomic E-state index is 5.25. The Hall–Kier alpha value is -0.120. The molecule has 106 valence electrons. The molecule has 1 N–H and O–H groups in total. The van der Waals surface area contributed by atoms with Crippen molar-refractivity contribution in [2.24, 2.45) is 5.41 Å². The lowest BCUT2D eigenvalue weighted by molar-refractivity contribution is 0.103. The Morgan fingerprint density at radius 3 is 2.50 bits per heavy atom. The number of nitrogens with one attached hydrogen (secondary N) is 1. The van der Waals surface area contributed by atoms with Gasteiger partial charge < -0.3 is 10.1 Å². The summed E-state index contributed by atoms with van der Waals surface area (Å²) in [6.07, 6.45) is 6.80. The van der Waals surface area contributed by atoms with E-state index in [0.29, 0.717) is 5.41 Å². The lowest BCUT2D eigenvalue weighted by Crippen LogP contribution is -2.44. The molecular formula is C15H30N2O. The maximum absolute atomic E-state index is 5.25. The standard InChI is InChI=1S/C15H30N2O/c1-4-15(2,11-16-13-5-6-13)12-17(9-10-18-3)14-7-8-14/h13-14,16H,4-12H2,1-3H3. The smallest absolute Gasteiger partial charge is 0.0589 e. The van der Waals surface area contributed by atoms with Gasteiger partial charge in [-0.05, 0) is 37.5 Å². The molecule has 2 saturated carbocycles. The fraction of sp³-hybridized carbons (Fsp3) is 1.00. The normalized spacial score (nSPS) is 23.3. The summed E-state index contributed by atoms with van der Waals surface area (Å²) in [6, 6.07) is 1.66. The van der Waals surface area contributed by atoms with Crippen LogP contribution in [0.1, 0.15) is 46.0 Å². The summed E-state index contributed by atoms with van der Waals surface area (Å²) in [5.74, 6) is 0. The molecule has 0 aromatic heterocycles. The monoisotopic (exact) mass is 254 g/mol. The minimum absolute atomic E-state index is 0.416. The van der Waals surface area contributed by atoms with Crippen LogP contribution in [-0.2, 0) is 4.74 Å². The number of nitrogens with zero attached hydrogens (tertiary/aromatic N) is 1. The molecule has 2 aliphatic rings. The van der Waals surface area contributed by atoms with Crippen molar-refractivity contribution in [1.82, 2.24) is 10.2 Å². The van der Waals surface area contributed by atoms with Crippen LogP contribution in [-0.4, -0.2) is 50.3 Å². The molecule has 18 heavy (non-hydrogen) atoms. The predicted octanol–water partition coefficient (Wildman–Crippen LogP) is 2.27. The van der Waals surface area contributed by atoms with Gasteiger partial charge in [0.25, 0.3) is 0 Å². The summed E-state index contributed by atoms with van der Waals surface area (Å²) in [5.41, 5.74) is 0.416. The molecule has 0 heterocycles. The lowest BCUT2D eigenvalue weighted by Gasteiger charge is -2.35. The highest BCUT2D eigenvalue weighted by Crippen LogP contribution is 2.32. The quantitative estimate of drug-likeness (QED) is 0.647. The molecule has 1 unspecified atom stereocenters. The zero-order valence-electron chi connectivity index (χ0n) is 12.4. The van der Waals surface area contributed by atoms with Crippen molar-refractivity contribution >= 4 is 0 Å². The van der Waals surface area contributed by atoms with Crippen LogP contribution < -0.4 is 5.32 Å². The molecule has 0 radical (unpaired) electrons. The molecule has 0 aromatic carbocycles. The molecule has 0 bridgehead atoms. The first-order chi connectivity index (χ1) is 8.67. The van der Waals surface area contributed by atoms with E-state index in [1.165, 1.54) is 45.2 Å². The second kappa shape index (κ2) is 6.36. The van der Waals surface area contributed by atoms with Crippen LogP contribution in [0, 0.1) is 5.41 Å². The third-order valence-electron chi connectivity index (χ3n) is 4.48. The molecular weight excluding hydrogens is 224 g/mol. The Labute approximate surface area is 112 Å². The van der Waals surface area contributed by atoms with Gasteiger partial charge in [-0.2, -0.15) is 0 Å². The first-order valence-corrected chi connectivity index (χ1v) is 7.63. The number of rotatable bonds is 10. The summed E-state index contributed by atoms with van der Waals surface area (Å²) in [4.78, 5) is 2.65. The molecule has 0 aromatic rings. The molecule has 0 aliphatic heterocycles. The SMILES string of the molecule is CCC(C)(CNC1CC1)CN(CCOC)C1CC1. The number of hydrogen-bond acceptors (Lipinski definition) is 3. The first-order valence-electron chi connectivity index (χ1n) is 7.63. The summed E-state index contributed by atoms with van der Waals surface area (Å²) in [6.45, 7) is 9.12.